The van der Waals surface area contributed by atoms with Crippen molar-refractivity contribution in [1.82, 2.24) is 15.0 Å². The van der Waals surface area contributed by atoms with Crippen LogP contribution in [0.3, 0.4) is 0 Å². The van der Waals surface area contributed by atoms with Crippen LogP contribution in [0.1, 0.15) is 59.6 Å². The van der Waals surface area contributed by atoms with Crippen molar-refractivity contribution in [3.05, 3.63) is 34.8 Å². The third kappa shape index (κ3) is 4.95. The quantitative estimate of drug-likeness (QED) is 0.679. The summed E-state index contributed by atoms with van der Waals surface area (Å²) < 4.78 is 7.02. The molecule has 2 aromatic rings. The number of aryl methyl sites for hydroxylation is 2. The van der Waals surface area contributed by atoms with Gasteiger partial charge in [-0.3, -0.25) is 14.2 Å². The molecule has 0 aliphatic rings. The van der Waals surface area contributed by atoms with Crippen LogP contribution < -0.4 is 5.32 Å². The van der Waals surface area contributed by atoms with Crippen LogP contribution in [0.5, 0.6) is 0 Å². The van der Waals surface area contributed by atoms with Crippen LogP contribution in [-0.2, 0) is 4.79 Å². The van der Waals surface area contributed by atoms with Gasteiger partial charge in [0.1, 0.15) is 5.76 Å². The number of hydrogen-bond acceptors (Lipinski definition) is 4. The predicted molar refractivity (Wildman–Crippen MR) is 93.1 cm³/mol. The molecule has 2 N–H and O–H groups in total. The first-order valence-electron chi connectivity index (χ1n) is 8.52. The Morgan fingerprint density at radius 3 is 2.52 bits per heavy atom. The zero-order valence-electron chi connectivity index (χ0n) is 15.0. The maximum Gasteiger partial charge on any atom is 0.303 e. The van der Waals surface area contributed by atoms with E-state index in [0.717, 1.165) is 36.4 Å². The van der Waals surface area contributed by atoms with E-state index >= 15 is 0 Å². The molecule has 1 amide bonds. The van der Waals surface area contributed by atoms with E-state index in [9.17, 15) is 9.59 Å². The van der Waals surface area contributed by atoms with E-state index in [2.05, 4.69) is 10.5 Å². The molecule has 0 aromatic carbocycles. The first-order valence-corrected chi connectivity index (χ1v) is 8.52. The van der Waals surface area contributed by atoms with E-state index in [4.69, 9.17) is 9.63 Å². The smallest absolute Gasteiger partial charge is 0.303 e. The Balaban J connectivity index is 1.87. The van der Waals surface area contributed by atoms with Crippen molar-refractivity contribution in [3.8, 4) is 5.82 Å². The van der Waals surface area contributed by atoms with Crippen molar-refractivity contribution in [2.24, 2.45) is 0 Å². The van der Waals surface area contributed by atoms with Gasteiger partial charge in [-0.25, -0.2) is 0 Å². The van der Waals surface area contributed by atoms with Crippen LogP contribution >= 0.6 is 0 Å². The van der Waals surface area contributed by atoms with E-state index < -0.39 is 5.97 Å². The lowest BCUT2D eigenvalue weighted by atomic mass is 10.1. The van der Waals surface area contributed by atoms with Crippen LogP contribution in [0.25, 0.3) is 5.82 Å². The van der Waals surface area contributed by atoms with Crippen LogP contribution in [0.4, 0.5) is 0 Å². The molecular weight excluding hydrogens is 322 g/mol. The number of rotatable bonds is 9. The lowest BCUT2D eigenvalue weighted by Gasteiger charge is -2.07. The molecule has 0 radical (unpaired) electrons. The number of carbonyl (C=O) groups is 2. The van der Waals surface area contributed by atoms with Gasteiger partial charge in [-0.05, 0) is 39.7 Å². The molecule has 0 aliphatic heterocycles. The molecule has 2 heterocycles. The van der Waals surface area contributed by atoms with Gasteiger partial charge >= 0.3 is 5.97 Å². The Morgan fingerprint density at radius 2 is 1.88 bits per heavy atom. The first-order chi connectivity index (χ1) is 11.9. The number of carbonyl (C=O) groups excluding carboxylic acids is 1. The molecule has 2 rings (SSSR count). The van der Waals surface area contributed by atoms with E-state index in [1.54, 1.807) is 0 Å². The number of carboxylic acid groups (broad SMARTS) is 1. The topological polar surface area (TPSA) is 97.4 Å². The third-order valence-corrected chi connectivity index (χ3v) is 4.12. The van der Waals surface area contributed by atoms with Gasteiger partial charge in [-0.1, -0.05) is 18.0 Å². The molecule has 7 heteroatoms. The molecule has 25 heavy (non-hydrogen) atoms. The fraction of sp³-hybridized carbons (Fsp3) is 0.500. The number of hydrogen-bond donors (Lipinski definition) is 2. The molecule has 0 spiro atoms. The normalized spacial score (nSPS) is 10.8. The van der Waals surface area contributed by atoms with Gasteiger partial charge in [0.25, 0.3) is 5.91 Å². The summed E-state index contributed by atoms with van der Waals surface area (Å²) in [7, 11) is 0. The maximum atomic E-state index is 12.4. The summed E-state index contributed by atoms with van der Waals surface area (Å²) >= 11 is 0. The highest BCUT2D eigenvalue weighted by Crippen LogP contribution is 2.20. The lowest BCUT2D eigenvalue weighted by Crippen LogP contribution is -2.24. The summed E-state index contributed by atoms with van der Waals surface area (Å²) in [4.78, 5) is 22.8. The third-order valence-electron chi connectivity index (χ3n) is 4.12. The summed E-state index contributed by atoms with van der Waals surface area (Å²) in [5, 5.41) is 15.5. The van der Waals surface area contributed by atoms with Crippen molar-refractivity contribution < 1.29 is 19.2 Å². The van der Waals surface area contributed by atoms with Gasteiger partial charge in [-0.2, -0.15) is 0 Å². The zero-order valence-corrected chi connectivity index (χ0v) is 15.0. The minimum atomic E-state index is -0.758. The van der Waals surface area contributed by atoms with Crippen LogP contribution in [-0.4, -0.2) is 33.3 Å². The van der Waals surface area contributed by atoms with Crippen molar-refractivity contribution in [3.63, 3.8) is 0 Å². The largest absolute Gasteiger partial charge is 0.481 e. The van der Waals surface area contributed by atoms with Gasteiger partial charge in [0.15, 0.2) is 5.82 Å². The Hall–Kier alpha value is -2.57. The second-order valence-electron chi connectivity index (χ2n) is 6.23. The molecule has 2 aromatic heterocycles. The van der Waals surface area contributed by atoms with Crippen LogP contribution in [0.15, 0.2) is 16.7 Å². The highest BCUT2D eigenvalue weighted by atomic mass is 16.5. The second kappa shape index (κ2) is 8.50. The summed E-state index contributed by atoms with van der Waals surface area (Å²) in [6.45, 7) is 6.22. The van der Waals surface area contributed by atoms with Crippen molar-refractivity contribution in [1.29, 1.82) is 0 Å². The van der Waals surface area contributed by atoms with Gasteiger partial charge in [0, 0.05) is 30.4 Å². The van der Waals surface area contributed by atoms with E-state index in [0.29, 0.717) is 24.3 Å². The number of amides is 1. The van der Waals surface area contributed by atoms with Crippen molar-refractivity contribution in [2.45, 2.75) is 52.9 Å². The predicted octanol–water partition coefficient (Wildman–Crippen LogP) is 3.16. The second-order valence-corrected chi connectivity index (χ2v) is 6.23. The average Bonchev–Trinajstić information content (AvgIpc) is 3.09. The molecule has 0 fully saturated rings. The maximum absolute atomic E-state index is 12.4. The van der Waals surface area contributed by atoms with Gasteiger partial charge in [0.2, 0.25) is 0 Å². The number of unbranched alkanes of at least 4 members (excludes halogenated alkanes) is 3. The number of nitrogens with one attached hydrogen (secondary N) is 1. The summed E-state index contributed by atoms with van der Waals surface area (Å²) in [5.41, 5.74) is 2.37. The summed E-state index contributed by atoms with van der Waals surface area (Å²) in [6, 6.07) is 3.68. The Labute approximate surface area is 147 Å². The fourth-order valence-electron chi connectivity index (χ4n) is 2.86. The fourth-order valence-corrected chi connectivity index (χ4v) is 2.86. The molecule has 7 nitrogen and oxygen atoms in total. The molecule has 0 aliphatic carbocycles. The van der Waals surface area contributed by atoms with Crippen LogP contribution in [0.2, 0.25) is 0 Å². The van der Waals surface area contributed by atoms with E-state index in [1.807, 2.05) is 37.5 Å². The highest BCUT2D eigenvalue weighted by Gasteiger charge is 2.18. The SMILES string of the molecule is Cc1cc(-n2c(C)cc(C(=O)NCCCCCCC(=O)O)c2C)no1. The Morgan fingerprint density at radius 1 is 1.16 bits per heavy atom. The number of aliphatic carboxylic acids is 1. The number of nitrogens with zero attached hydrogens (tertiary/aromatic N) is 2. The standard InChI is InChI=1S/C18H25N3O4/c1-12-10-15(14(3)21(12)16-11-13(2)25-20-16)18(24)19-9-7-5-4-6-8-17(22)23/h10-11H,4-9H2,1-3H3,(H,19,24)(H,22,23). The molecule has 0 unspecified atom stereocenters. The number of aromatic nitrogens is 2. The van der Waals surface area contributed by atoms with E-state index in [1.165, 1.54) is 0 Å². The molecular formula is C18H25N3O4. The molecule has 0 saturated heterocycles. The number of carboxylic acids is 1. The lowest BCUT2D eigenvalue weighted by molar-refractivity contribution is -0.137. The van der Waals surface area contributed by atoms with Crippen molar-refractivity contribution in [2.75, 3.05) is 6.54 Å². The first kappa shape index (κ1) is 18.8. The average molecular weight is 347 g/mol. The van der Waals surface area contributed by atoms with Crippen molar-refractivity contribution >= 4 is 11.9 Å². The van der Waals surface area contributed by atoms with Gasteiger partial charge < -0.3 is 14.9 Å². The minimum absolute atomic E-state index is 0.106. The summed E-state index contributed by atoms with van der Waals surface area (Å²) in [5.74, 6) is 0.525. The van der Waals surface area contributed by atoms with Gasteiger partial charge in [0.05, 0.1) is 5.56 Å². The molecule has 0 atom stereocenters. The highest BCUT2D eigenvalue weighted by molar-refractivity contribution is 5.95. The minimum Gasteiger partial charge on any atom is -0.481 e. The van der Waals surface area contributed by atoms with Crippen LogP contribution in [0, 0.1) is 20.8 Å². The summed E-state index contributed by atoms with van der Waals surface area (Å²) in [6.07, 6.45) is 3.50. The zero-order chi connectivity index (χ0) is 18.4. The molecule has 136 valence electrons. The molecule has 0 saturated carbocycles. The van der Waals surface area contributed by atoms with Gasteiger partial charge in [-0.15, -0.1) is 0 Å². The molecule has 0 bridgehead atoms. The Bertz CT molecular complexity index is 746. The van der Waals surface area contributed by atoms with E-state index in [-0.39, 0.29) is 12.3 Å². The monoisotopic (exact) mass is 347 g/mol. The Kier molecular flexibility index (Phi) is 6.38.